The lowest BCUT2D eigenvalue weighted by molar-refractivity contribution is 0.151. The largest absolute Gasteiger partial charge is 0.333 e. The van der Waals surface area contributed by atoms with Crippen LogP contribution in [0.5, 0.6) is 0 Å². The summed E-state index contributed by atoms with van der Waals surface area (Å²) in [5.74, 6) is 0. The Kier molecular flexibility index (Phi) is 3.13. The topological polar surface area (TPSA) is 54.9 Å². The highest BCUT2D eigenvalue weighted by Gasteiger charge is 2.13. The van der Waals surface area contributed by atoms with Gasteiger partial charge in [-0.3, -0.25) is 14.3 Å². The van der Waals surface area contributed by atoms with Gasteiger partial charge in [0.15, 0.2) is 0 Å². The normalized spacial score (nSPS) is 11.2. The van der Waals surface area contributed by atoms with Gasteiger partial charge in [-0.2, -0.15) is 0 Å². The molecule has 2 aromatic carbocycles. The zero-order chi connectivity index (χ0) is 15.0. The molecule has 0 amide bonds. The van der Waals surface area contributed by atoms with Crippen molar-refractivity contribution in [3.8, 4) is 5.69 Å². The number of alkyl halides is 2. The van der Waals surface area contributed by atoms with Crippen LogP contribution >= 0.6 is 0 Å². The molecule has 21 heavy (non-hydrogen) atoms. The van der Waals surface area contributed by atoms with Crippen molar-refractivity contribution in [3.63, 3.8) is 0 Å². The van der Waals surface area contributed by atoms with E-state index in [1.165, 1.54) is 22.8 Å². The predicted octanol–water partition coefficient (Wildman–Crippen LogP) is 2.62. The van der Waals surface area contributed by atoms with Crippen LogP contribution in [0.2, 0.25) is 0 Å². The molecule has 0 atom stereocenters. The van der Waals surface area contributed by atoms with E-state index in [0.29, 0.717) is 5.69 Å². The van der Waals surface area contributed by atoms with Gasteiger partial charge in [0, 0.05) is 5.56 Å². The summed E-state index contributed by atoms with van der Waals surface area (Å²) in [6.45, 7) is 0. The first-order valence-corrected chi connectivity index (χ1v) is 6.20. The first-order valence-electron chi connectivity index (χ1n) is 6.20. The van der Waals surface area contributed by atoms with E-state index in [-0.39, 0.29) is 16.5 Å². The Labute approximate surface area is 117 Å². The molecule has 0 bridgehead atoms. The van der Waals surface area contributed by atoms with E-state index in [2.05, 4.69) is 4.98 Å². The average Bonchev–Trinajstić information content (AvgIpc) is 2.47. The molecular weight excluding hydrogens is 278 g/mol. The van der Waals surface area contributed by atoms with E-state index >= 15 is 0 Å². The molecule has 106 valence electrons. The summed E-state index contributed by atoms with van der Waals surface area (Å²) in [6, 6.07) is 12.2. The average molecular weight is 288 g/mol. The summed E-state index contributed by atoms with van der Waals surface area (Å²) in [4.78, 5) is 26.1. The summed E-state index contributed by atoms with van der Waals surface area (Å²) in [5.41, 5.74) is -0.840. The van der Waals surface area contributed by atoms with Crippen LogP contribution in [0.15, 0.2) is 58.1 Å². The summed E-state index contributed by atoms with van der Waals surface area (Å²) >= 11 is 0. The van der Waals surface area contributed by atoms with Gasteiger partial charge in [0.25, 0.3) is 12.0 Å². The third kappa shape index (κ3) is 2.24. The number of benzene rings is 2. The van der Waals surface area contributed by atoms with Crippen molar-refractivity contribution in [2.75, 3.05) is 0 Å². The monoisotopic (exact) mass is 288 g/mol. The molecule has 0 saturated carbocycles. The molecule has 0 aliphatic carbocycles. The molecule has 0 spiro atoms. The van der Waals surface area contributed by atoms with Crippen molar-refractivity contribution < 1.29 is 8.78 Å². The van der Waals surface area contributed by atoms with Crippen molar-refractivity contribution in [2.45, 2.75) is 6.43 Å². The Bertz CT molecular complexity index is 914. The van der Waals surface area contributed by atoms with Gasteiger partial charge in [0.05, 0.1) is 16.6 Å². The molecule has 0 unspecified atom stereocenters. The van der Waals surface area contributed by atoms with Gasteiger partial charge in [-0.1, -0.05) is 24.3 Å². The van der Waals surface area contributed by atoms with Gasteiger partial charge in [0.2, 0.25) is 0 Å². The fraction of sp³-hybridized carbons (Fsp3) is 0.0667. The number of H-pyrrole nitrogens is 1. The molecule has 0 aliphatic rings. The molecule has 1 heterocycles. The lowest BCUT2D eigenvalue weighted by Crippen LogP contribution is -2.29. The van der Waals surface area contributed by atoms with E-state index in [4.69, 9.17) is 0 Å². The summed E-state index contributed by atoms with van der Waals surface area (Å²) in [6.07, 6.45) is -2.67. The second-order valence-corrected chi connectivity index (χ2v) is 4.51. The maximum absolute atomic E-state index is 12.9. The van der Waals surface area contributed by atoms with E-state index in [0.717, 1.165) is 0 Å². The van der Waals surface area contributed by atoms with Crippen LogP contribution in [0.4, 0.5) is 8.78 Å². The highest BCUT2D eigenvalue weighted by atomic mass is 19.3. The van der Waals surface area contributed by atoms with Crippen LogP contribution in [-0.4, -0.2) is 9.55 Å². The maximum Gasteiger partial charge on any atom is 0.333 e. The van der Waals surface area contributed by atoms with Crippen LogP contribution in [0.25, 0.3) is 16.6 Å². The number of nitrogens with zero attached hydrogens (tertiary/aromatic N) is 1. The SMILES string of the molecule is O=c1[nH]c(=O)n(-c2ccccc2)c2cc(C(F)F)ccc12. The second-order valence-electron chi connectivity index (χ2n) is 4.51. The number of fused-ring (bicyclic) bond motifs is 1. The van der Waals surface area contributed by atoms with E-state index in [9.17, 15) is 18.4 Å². The van der Waals surface area contributed by atoms with Gasteiger partial charge in [0.1, 0.15) is 0 Å². The first kappa shape index (κ1) is 13.2. The third-order valence-electron chi connectivity index (χ3n) is 3.20. The second kappa shape index (κ2) is 4.97. The van der Waals surface area contributed by atoms with Crippen molar-refractivity contribution in [2.24, 2.45) is 0 Å². The molecule has 3 rings (SSSR count). The number of nitrogens with one attached hydrogen (secondary N) is 1. The minimum Gasteiger partial charge on any atom is -0.273 e. The molecule has 0 fully saturated rings. The smallest absolute Gasteiger partial charge is 0.273 e. The van der Waals surface area contributed by atoms with Gasteiger partial charge in [-0.15, -0.1) is 0 Å². The third-order valence-corrected chi connectivity index (χ3v) is 3.20. The van der Waals surface area contributed by atoms with Crippen LogP contribution in [0.1, 0.15) is 12.0 Å². The highest BCUT2D eigenvalue weighted by Crippen LogP contribution is 2.22. The number of halogens is 2. The molecule has 0 saturated heterocycles. The number of rotatable bonds is 2. The fourth-order valence-corrected chi connectivity index (χ4v) is 2.22. The zero-order valence-corrected chi connectivity index (χ0v) is 10.7. The molecule has 0 radical (unpaired) electrons. The number of aromatic amines is 1. The van der Waals surface area contributed by atoms with Gasteiger partial charge in [-0.25, -0.2) is 13.6 Å². The molecule has 3 aromatic rings. The summed E-state index contributed by atoms with van der Waals surface area (Å²) in [5, 5.41) is 0.183. The van der Waals surface area contributed by atoms with Crippen molar-refractivity contribution in [3.05, 3.63) is 74.9 Å². The molecule has 1 aromatic heterocycles. The summed E-state index contributed by atoms with van der Waals surface area (Å²) in [7, 11) is 0. The minimum absolute atomic E-state index is 0.160. The van der Waals surface area contributed by atoms with E-state index in [1.807, 2.05) is 0 Å². The molecule has 1 N–H and O–H groups in total. The van der Waals surface area contributed by atoms with Crippen LogP contribution in [0.3, 0.4) is 0 Å². The number of para-hydroxylation sites is 1. The lowest BCUT2D eigenvalue weighted by atomic mass is 10.1. The Morgan fingerprint density at radius 2 is 1.71 bits per heavy atom. The quantitative estimate of drug-likeness (QED) is 0.788. The Morgan fingerprint density at radius 1 is 1.00 bits per heavy atom. The standard InChI is InChI=1S/C15H10F2N2O2/c16-13(17)9-6-7-11-12(8-9)19(15(21)18-14(11)20)10-4-2-1-3-5-10/h1-8,13H,(H,18,20,21). The maximum atomic E-state index is 12.9. The molecular formula is C15H10F2N2O2. The van der Waals surface area contributed by atoms with Crippen molar-refractivity contribution >= 4 is 10.9 Å². The summed E-state index contributed by atoms with van der Waals surface area (Å²) < 4.78 is 26.9. The van der Waals surface area contributed by atoms with Gasteiger partial charge >= 0.3 is 5.69 Å². The predicted molar refractivity (Wildman–Crippen MR) is 75.1 cm³/mol. The van der Waals surface area contributed by atoms with Crippen molar-refractivity contribution in [1.82, 2.24) is 9.55 Å². The molecule has 6 heteroatoms. The molecule has 4 nitrogen and oxygen atoms in total. The van der Waals surface area contributed by atoms with Crippen LogP contribution in [-0.2, 0) is 0 Å². The Morgan fingerprint density at radius 3 is 2.38 bits per heavy atom. The Hall–Kier alpha value is -2.76. The molecule has 0 aliphatic heterocycles. The van der Waals surface area contributed by atoms with Gasteiger partial charge < -0.3 is 0 Å². The number of aromatic nitrogens is 2. The number of hydrogen-bond acceptors (Lipinski definition) is 2. The van der Waals surface area contributed by atoms with Crippen molar-refractivity contribution in [1.29, 1.82) is 0 Å². The lowest BCUT2D eigenvalue weighted by Gasteiger charge is -2.10. The van der Waals surface area contributed by atoms with Gasteiger partial charge in [-0.05, 0) is 24.3 Å². The zero-order valence-electron chi connectivity index (χ0n) is 10.7. The number of hydrogen-bond donors (Lipinski definition) is 1. The fourth-order valence-electron chi connectivity index (χ4n) is 2.22. The first-order chi connectivity index (χ1) is 10.1. The van der Waals surface area contributed by atoms with E-state index < -0.39 is 17.7 Å². The van der Waals surface area contributed by atoms with Crippen LogP contribution < -0.4 is 11.2 Å². The minimum atomic E-state index is -2.67. The Balaban J connectivity index is 2.45. The van der Waals surface area contributed by atoms with E-state index in [1.54, 1.807) is 30.3 Å². The van der Waals surface area contributed by atoms with Crippen LogP contribution in [0, 0.1) is 0 Å². The highest BCUT2D eigenvalue weighted by molar-refractivity contribution is 5.80.